The molecular formula is C19H16F3NO2. The number of hydrogen-bond acceptors (Lipinski definition) is 2. The predicted octanol–water partition coefficient (Wildman–Crippen LogP) is 3.97. The monoisotopic (exact) mass is 347 g/mol. The molecule has 2 aromatic rings. The summed E-state index contributed by atoms with van der Waals surface area (Å²) >= 11 is 0. The van der Waals surface area contributed by atoms with Crippen LogP contribution in [0.3, 0.4) is 0 Å². The van der Waals surface area contributed by atoms with Crippen LogP contribution < -0.4 is 10.1 Å². The average Bonchev–Trinajstić information content (AvgIpc) is 3.05. The first kappa shape index (κ1) is 17.1. The van der Waals surface area contributed by atoms with E-state index in [0.29, 0.717) is 12.2 Å². The summed E-state index contributed by atoms with van der Waals surface area (Å²) in [5, 5.41) is 2.65. The molecule has 3 rings (SSSR count). The molecule has 130 valence electrons. The number of carbonyl (C=O) groups excluding carboxylic acids is 1. The molecule has 1 N–H and O–H groups in total. The lowest BCUT2D eigenvalue weighted by atomic mass is 10.1. The first-order chi connectivity index (χ1) is 11.9. The van der Waals surface area contributed by atoms with Gasteiger partial charge in [-0.25, -0.2) is 0 Å². The maximum Gasteiger partial charge on any atom is 0.416 e. The highest BCUT2D eigenvalue weighted by Crippen LogP contribution is 2.29. The van der Waals surface area contributed by atoms with Gasteiger partial charge in [0.2, 0.25) is 5.91 Å². The van der Waals surface area contributed by atoms with E-state index in [1.165, 1.54) is 18.2 Å². The van der Waals surface area contributed by atoms with Gasteiger partial charge in [0.1, 0.15) is 5.75 Å². The van der Waals surface area contributed by atoms with Gasteiger partial charge >= 0.3 is 6.18 Å². The number of benzene rings is 2. The van der Waals surface area contributed by atoms with Crippen molar-refractivity contribution in [2.24, 2.45) is 0 Å². The van der Waals surface area contributed by atoms with Crippen molar-refractivity contribution in [3.63, 3.8) is 0 Å². The Hall–Kier alpha value is -2.76. The lowest BCUT2D eigenvalue weighted by molar-refractivity contribution is -0.137. The predicted molar refractivity (Wildman–Crippen MR) is 88.0 cm³/mol. The Morgan fingerprint density at radius 1 is 1.16 bits per heavy atom. The number of halogens is 3. The summed E-state index contributed by atoms with van der Waals surface area (Å²) in [5.41, 5.74) is 1.91. The van der Waals surface area contributed by atoms with Crippen LogP contribution >= 0.6 is 0 Å². The minimum Gasteiger partial charge on any atom is -0.493 e. The summed E-state index contributed by atoms with van der Waals surface area (Å²) < 4.78 is 42.9. The van der Waals surface area contributed by atoms with E-state index in [1.54, 1.807) is 6.08 Å². The lowest BCUT2D eigenvalue weighted by Gasteiger charge is -2.08. The van der Waals surface area contributed by atoms with E-state index < -0.39 is 11.7 Å². The first-order valence-corrected chi connectivity index (χ1v) is 7.79. The molecule has 6 heteroatoms. The Labute approximate surface area is 143 Å². The molecule has 1 aliphatic rings. The van der Waals surface area contributed by atoms with Crippen molar-refractivity contribution in [1.29, 1.82) is 0 Å². The summed E-state index contributed by atoms with van der Waals surface area (Å²) in [6, 6.07) is 10.4. The van der Waals surface area contributed by atoms with Crippen LogP contribution in [0, 0.1) is 0 Å². The van der Waals surface area contributed by atoms with Crippen LogP contribution in [0.4, 0.5) is 13.2 Å². The van der Waals surface area contributed by atoms with Crippen LogP contribution in [0.15, 0.2) is 48.5 Å². The fraction of sp³-hybridized carbons (Fsp3) is 0.211. The smallest absolute Gasteiger partial charge is 0.416 e. The molecule has 0 bridgehead atoms. The van der Waals surface area contributed by atoms with Gasteiger partial charge in [-0.2, -0.15) is 13.2 Å². The number of amides is 1. The zero-order valence-electron chi connectivity index (χ0n) is 13.3. The largest absolute Gasteiger partial charge is 0.493 e. The Kier molecular flexibility index (Phi) is 4.79. The van der Waals surface area contributed by atoms with Crippen LogP contribution in [-0.2, 0) is 23.9 Å². The van der Waals surface area contributed by atoms with E-state index in [1.807, 2.05) is 18.2 Å². The van der Waals surface area contributed by atoms with Gasteiger partial charge in [-0.15, -0.1) is 0 Å². The van der Waals surface area contributed by atoms with Crippen molar-refractivity contribution in [1.82, 2.24) is 5.32 Å². The molecule has 2 aromatic carbocycles. The third kappa shape index (κ3) is 4.41. The van der Waals surface area contributed by atoms with Crippen molar-refractivity contribution < 1.29 is 22.7 Å². The molecular weight excluding hydrogens is 331 g/mol. The normalized spacial score (nSPS) is 13.6. The average molecular weight is 347 g/mol. The minimum absolute atomic E-state index is 0.166. The SMILES string of the molecule is O=C(/C=C/c1ccc2c(c1)CCO2)NCc1ccc(C(F)(F)F)cc1. The van der Waals surface area contributed by atoms with E-state index >= 15 is 0 Å². The molecule has 0 unspecified atom stereocenters. The van der Waals surface area contributed by atoms with Gasteiger partial charge in [-0.05, 0) is 47.0 Å². The zero-order valence-corrected chi connectivity index (χ0v) is 13.3. The Balaban J connectivity index is 1.54. The van der Waals surface area contributed by atoms with Gasteiger partial charge in [0.25, 0.3) is 0 Å². The summed E-state index contributed by atoms with van der Waals surface area (Å²) in [5.74, 6) is 0.570. The molecule has 3 nitrogen and oxygen atoms in total. The van der Waals surface area contributed by atoms with Gasteiger partial charge in [0.15, 0.2) is 0 Å². The molecule has 1 amide bonds. The third-order valence-corrected chi connectivity index (χ3v) is 3.89. The molecule has 1 heterocycles. The van der Waals surface area contributed by atoms with Crippen molar-refractivity contribution in [2.75, 3.05) is 6.61 Å². The zero-order chi connectivity index (χ0) is 17.9. The number of ether oxygens (including phenoxy) is 1. The van der Waals surface area contributed by atoms with Crippen LogP contribution in [0.2, 0.25) is 0 Å². The second kappa shape index (κ2) is 7.01. The van der Waals surface area contributed by atoms with E-state index in [9.17, 15) is 18.0 Å². The van der Waals surface area contributed by atoms with Crippen LogP contribution in [0.25, 0.3) is 6.08 Å². The van der Waals surface area contributed by atoms with Gasteiger partial charge < -0.3 is 10.1 Å². The molecule has 25 heavy (non-hydrogen) atoms. The van der Waals surface area contributed by atoms with Gasteiger partial charge in [-0.1, -0.05) is 18.2 Å². The number of rotatable bonds is 4. The Morgan fingerprint density at radius 3 is 2.64 bits per heavy atom. The number of fused-ring (bicyclic) bond motifs is 1. The van der Waals surface area contributed by atoms with Gasteiger partial charge in [0.05, 0.1) is 12.2 Å². The second-order valence-electron chi connectivity index (χ2n) is 5.71. The first-order valence-electron chi connectivity index (χ1n) is 7.79. The summed E-state index contributed by atoms with van der Waals surface area (Å²) in [6.45, 7) is 0.843. The second-order valence-corrected chi connectivity index (χ2v) is 5.71. The molecule has 0 aliphatic carbocycles. The van der Waals surface area contributed by atoms with Crippen molar-refractivity contribution in [2.45, 2.75) is 19.1 Å². The Morgan fingerprint density at radius 2 is 1.92 bits per heavy atom. The number of alkyl halides is 3. The molecule has 0 aromatic heterocycles. The summed E-state index contributed by atoms with van der Waals surface area (Å²) in [7, 11) is 0. The van der Waals surface area contributed by atoms with E-state index in [2.05, 4.69) is 5.32 Å². The molecule has 0 saturated heterocycles. The number of carbonyl (C=O) groups is 1. The van der Waals surface area contributed by atoms with Crippen LogP contribution in [-0.4, -0.2) is 12.5 Å². The van der Waals surface area contributed by atoms with Gasteiger partial charge in [-0.3, -0.25) is 4.79 Å². The van der Waals surface area contributed by atoms with Crippen molar-refractivity contribution in [3.05, 3.63) is 70.8 Å². The maximum absolute atomic E-state index is 12.5. The topological polar surface area (TPSA) is 38.3 Å². The molecule has 0 fully saturated rings. The Bertz CT molecular complexity index is 795. The molecule has 0 atom stereocenters. The summed E-state index contributed by atoms with van der Waals surface area (Å²) in [4.78, 5) is 11.8. The van der Waals surface area contributed by atoms with Crippen molar-refractivity contribution >= 4 is 12.0 Å². The van der Waals surface area contributed by atoms with Crippen molar-refractivity contribution in [3.8, 4) is 5.75 Å². The van der Waals surface area contributed by atoms with E-state index in [0.717, 1.165) is 35.4 Å². The van der Waals surface area contributed by atoms with E-state index in [4.69, 9.17) is 4.74 Å². The third-order valence-electron chi connectivity index (χ3n) is 3.89. The highest BCUT2D eigenvalue weighted by atomic mass is 19.4. The highest BCUT2D eigenvalue weighted by Gasteiger charge is 2.29. The lowest BCUT2D eigenvalue weighted by Crippen LogP contribution is -2.20. The quantitative estimate of drug-likeness (QED) is 0.850. The minimum atomic E-state index is -4.36. The molecule has 0 radical (unpaired) electrons. The maximum atomic E-state index is 12.5. The van der Waals surface area contributed by atoms with Crippen LogP contribution in [0.1, 0.15) is 22.3 Å². The van der Waals surface area contributed by atoms with E-state index in [-0.39, 0.29) is 12.5 Å². The highest BCUT2D eigenvalue weighted by molar-refractivity contribution is 5.91. The molecule has 1 aliphatic heterocycles. The fourth-order valence-electron chi connectivity index (χ4n) is 2.54. The standard InChI is InChI=1S/C19H16F3NO2/c20-19(21,22)16-5-1-14(2-6-16)12-23-18(24)8-4-13-3-7-17-15(11-13)9-10-25-17/h1-8,11H,9-10,12H2,(H,23,24)/b8-4+. The number of nitrogens with one attached hydrogen (secondary N) is 1. The fourth-order valence-corrected chi connectivity index (χ4v) is 2.54. The summed E-state index contributed by atoms with van der Waals surface area (Å²) in [6.07, 6.45) is -0.398. The molecule has 0 saturated carbocycles. The van der Waals surface area contributed by atoms with Crippen LogP contribution in [0.5, 0.6) is 5.75 Å². The number of hydrogen-bond donors (Lipinski definition) is 1. The van der Waals surface area contributed by atoms with Gasteiger partial charge in [0, 0.05) is 19.0 Å². The molecule has 0 spiro atoms.